The zero-order valence-electron chi connectivity index (χ0n) is 16.0. The summed E-state index contributed by atoms with van der Waals surface area (Å²) in [5.41, 5.74) is 2.66. The van der Waals surface area contributed by atoms with Gasteiger partial charge in [0.05, 0.1) is 5.69 Å². The molecule has 0 unspecified atom stereocenters. The topological polar surface area (TPSA) is 54.0 Å². The lowest BCUT2D eigenvalue weighted by Crippen LogP contribution is -2.36. The third-order valence-electron chi connectivity index (χ3n) is 5.03. The van der Waals surface area contributed by atoms with Crippen LogP contribution in [-0.2, 0) is 4.79 Å². The highest BCUT2D eigenvalue weighted by molar-refractivity contribution is 6.01. The molecular weight excluding hydrogens is 391 g/mol. The van der Waals surface area contributed by atoms with Gasteiger partial charge in [0.25, 0.3) is 5.95 Å². The van der Waals surface area contributed by atoms with Crippen LogP contribution in [0.4, 0.5) is 24.5 Å². The van der Waals surface area contributed by atoms with E-state index in [4.69, 9.17) is 0 Å². The minimum absolute atomic E-state index is 0.175. The summed E-state index contributed by atoms with van der Waals surface area (Å²) in [5.74, 6) is -4.45. The van der Waals surface area contributed by atoms with E-state index in [0.717, 1.165) is 16.7 Å². The van der Waals surface area contributed by atoms with E-state index < -0.39 is 35.3 Å². The molecule has 2 heterocycles. The monoisotopic (exact) mass is 409 g/mol. The average molecular weight is 409 g/mol. The van der Waals surface area contributed by atoms with E-state index in [0.29, 0.717) is 5.69 Å². The molecule has 1 aliphatic rings. The molecule has 1 aliphatic heterocycles. The first-order valence-electron chi connectivity index (χ1n) is 9.39. The molecule has 0 radical (unpaired) electrons. The molecule has 152 valence electrons. The van der Waals surface area contributed by atoms with Gasteiger partial charge in [-0.3, -0.25) is 4.79 Å². The summed E-state index contributed by atoms with van der Waals surface area (Å²) in [6.07, 6.45) is 2.04. The van der Waals surface area contributed by atoms with Crippen LogP contribution in [0.1, 0.15) is 23.1 Å². The Morgan fingerprint density at radius 3 is 2.47 bits per heavy atom. The second-order valence-electron chi connectivity index (χ2n) is 6.96. The zero-order chi connectivity index (χ0) is 21.3. The number of nitrogens with zero attached hydrogens (tertiary/aromatic N) is 1. The van der Waals surface area contributed by atoms with Crippen LogP contribution in [0.15, 0.2) is 60.7 Å². The van der Waals surface area contributed by atoms with Gasteiger partial charge < -0.3 is 10.6 Å². The predicted octanol–water partition coefficient (Wildman–Crippen LogP) is 5.06. The highest BCUT2D eigenvalue weighted by Crippen LogP contribution is 2.33. The van der Waals surface area contributed by atoms with Crippen molar-refractivity contribution in [3.8, 4) is 0 Å². The van der Waals surface area contributed by atoms with E-state index in [1.165, 1.54) is 6.92 Å². The first kappa shape index (κ1) is 19.7. The number of rotatable bonds is 3. The Kier molecular flexibility index (Phi) is 5.27. The van der Waals surface area contributed by atoms with Crippen molar-refractivity contribution in [3.05, 3.63) is 95.1 Å². The average Bonchev–Trinajstić information content (AvgIpc) is 2.74. The Bertz CT molecular complexity index is 1120. The summed E-state index contributed by atoms with van der Waals surface area (Å²) >= 11 is 0. The minimum atomic E-state index is -1.56. The molecule has 0 aliphatic carbocycles. The Morgan fingerprint density at radius 2 is 1.70 bits per heavy atom. The number of hydrogen-bond acceptors (Lipinski definition) is 3. The number of nitrogens with one attached hydrogen (secondary N) is 2. The number of para-hydroxylation sites is 1. The molecule has 1 aromatic heterocycles. The van der Waals surface area contributed by atoms with Crippen LogP contribution in [-0.4, -0.2) is 16.9 Å². The predicted molar refractivity (Wildman–Crippen MR) is 109 cm³/mol. The fraction of sp³-hybridized carbons (Fsp3) is 0.130. The van der Waals surface area contributed by atoms with Gasteiger partial charge in [-0.1, -0.05) is 54.6 Å². The van der Waals surface area contributed by atoms with E-state index >= 15 is 0 Å². The lowest BCUT2D eigenvalue weighted by Gasteiger charge is -2.24. The van der Waals surface area contributed by atoms with Gasteiger partial charge in [0, 0.05) is 16.8 Å². The first-order valence-corrected chi connectivity index (χ1v) is 9.39. The molecule has 2 N–H and O–H groups in total. The molecule has 1 amide bonds. The summed E-state index contributed by atoms with van der Waals surface area (Å²) in [4.78, 5) is 15.7. The van der Waals surface area contributed by atoms with Gasteiger partial charge in [-0.25, -0.2) is 0 Å². The number of fused-ring (bicyclic) bond motifs is 1. The van der Waals surface area contributed by atoms with Gasteiger partial charge in [-0.05, 0) is 30.5 Å². The summed E-state index contributed by atoms with van der Waals surface area (Å²) in [5, 5.41) is 5.50. The van der Waals surface area contributed by atoms with E-state index in [-0.39, 0.29) is 12.0 Å². The first-order chi connectivity index (χ1) is 14.5. The van der Waals surface area contributed by atoms with Crippen LogP contribution in [0.25, 0.3) is 5.57 Å². The number of carbonyl (C=O) groups excluding carboxylic acids is 1. The van der Waals surface area contributed by atoms with E-state index in [9.17, 15) is 18.0 Å². The molecule has 0 spiro atoms. The van der Waals surface area contributed by atoms with Crippen molar-refractivity contribution < 1.29 is 18.0 Å². The molecule has 30 heavy (non-hydrogen) atoms. The summed E-state index contributed by atoms with van der Waals surface area (Å²) < 4.78 is 41.7. The maximum atomic E-state index is 14.3. The molecule has 3 aromatic rings. The lowest BCUT2D eigenvalue weighted by molar-refractivity contribution is -0.116. The highest BCUT2D eigenvalue weighted by atomic mass is 19.2. The Morgan fingerprint density at radius 1 is 1.00 bits per heavy atom. The minimum Gasteiger partial charge on any atom is -0.371 e. The van der Waals surface area contributed by atoms with Gasteiger partial charge in [0.1, 0.15) is 6.04 Å². The number of halogens is 3. The van der Waals surface area contributed by atoms with Crippen LogP contribution in [0.2, 0.25) is 0 Å². The smallest absolute Gasteiger partial charge is 0.253 e. The molecule has 1 atom stereocenters. The van der Waals surface area contributed by atoms with E-state index in [1.807, 2.05) is 48.5 Å². The van der Waals surface area contributed by atoms with Gasteiger partial charge in [-0.2, -0.15) is 18.2 Å². The van der Waals surface area contributed by atoms with Crippen LogP contribution in [0, 0.1) is 24.6 Å². The third-order valence-corrected chi connectivity index (χ3v) is 5.03. The summed E-state index contributed by atoms with van der Waals surface area (Å²) in [6.45, 7) is 1.27. The normalized spacial score (nSPS) is 17.8. The molecule has 0 bridgehead atoms. The number of amides is 1. The van der Waals surface area contributed by atoms with E-state index in [2.05, 4.69) is 15.6 Å². The quantitative estimate of drug-likeness (QED) is 0.595. The maximum Gasteiger partial charge on any atom is 0.253 e. The number of pyridine rings is 1. The van der Waals surface area contributed by atoms with Crippen molar-refractivity contribution in [1.82, 2.24) is 4.98 Å². The molecule has 7 heteroatoms. The van der Waals surface area contributed by atoms with Gasteiger partial charge >= 0.3 is 0 Å². The number of benzene rings is 2. The number of carbonyl (C=O) groups is 1. The Labute approximate surface area is 171 Å². The highest BCUT2D eigenvalue weighted by Gasteiger charge is 2.26. The lowest BCUT2D eigenvalue weighted by atomic mass is 9.93. The Balaban J connectivity index is 1.76. The van der Waals surface area contributed by atoms with Crippen LogP contribution < -0.4 is 10.6 Å². The molecule has 2 aromatic carbocycles. The second-order valence-corrected chi connectivity index (χ2v) is 6.96. The SMILES string of the molecule is Cc1c(F)nc(F)c(F)c1N[C@H]1C/C=C(\c2ccccc2)c2ccccc2NC1=O. The van der Waals surface area contributed by atoms with Crippen LogP contribution in [0.5, 0.6) is 0 Å². The molecule has 0 saturated heterocycles. The molecule has 4 rings (SSSR count). The van der Waals surface area contributed by atoms with Crippen molar-refractivity contribution in [2.75, 3.05) is 10.6 Å². The summed E-state index contributed by atoms with van der Waals surface area (Å²) in [7, 11) is 0. The molecule has 4 nitrogen and oxygen atoms in total. The zero-order valence-corrected chi connectivity index (χ0v) is 16.0. The van der Waals surface area contributed by atoms with Gasteiger partial charge in [0.2, 0.25) is 17.7 Å². The third kappa shape index (κ3) is 3.66. The molecule has 0 saturated carbocycles. The Hall–Kier alpha value is -3.61. The van der Waals surface area contributed by atoms with E-state index in [1.54, 1.807) is 12.1 Å². The van der Waals surface area contributed by atoms with Gasteiger partial charge in [0.15, 0.2) is 0 Å². The fourth-order valence-corrected chi connectivity index (χ4v) is 3.45. The number of anilines is 2. The van der Waals surface area contributed by atoms with Crippen molar-refractivity contribution in [2.24, 2.45) is 0 Å². The second kappa shape index (κ2) is 8.02. The molecular formula is C23H18F3N3O. The summed E-state index contributed by atoms with van der Waals surface area (Å²) in [6, 6.07) is 16.0. The van der Waals surface area contributed by atoms with Crippen molar-refractivity contribution >= 4 is 22.9 Å². The number of aromatic nitrogens is 1. The fourth-order valence-electron chi connectivity index (χ4n) is 3.45. The van der Waals surface area contributed by atoms with Crippen LogP contribution in [0.3, 0.4) is 0 Å². The van der Waals surface area contributed by atoms with Gasteiger partial charge in [-0.15, -0.1) is 0 Å². The van der Waals surface area contributed by atoms with Crippen LogP contribution >= 0.6 is 0 Å². The van der Waals surface area contributed by atoms with Crippen molar-refractivity contribution in [1.29, 1.82) is 0 Å². The maximum absolute atomic E-state index is 14.3. The molecule has 0 fully saturated rings. The standard InChI is InChI=1S/C23H18F3N3O/c1-13-20(19(24)22(26)29-21(13)25)27-18-12-11-15(14-7-3-2-4-8-14)16-9-5-6-10-17(16)28-23(18)30/h2-11,18H,12H2,1H3,(H,27,29)(H,28,30)/b15-11+/t18-/m0/s1. The van der Waals surface area contributed by atoms with Crippen molar-refractivity contribution in [3.63, 3.8) is 0 Å². The largest absolute Gasteiger partial charge is 0.371 e. The van der Waals surface area contributed by atoms with Crippen molar-refractivity contribution in [2.45, 2.75) is 19.4 Å². The number of hydrogen-bond donors (Lipinski definition) is 2.